The first-order valence-corrected chi connectivity index (χ1v) is 13.4. The lowest BCUT2D eigenvalue weighted by molar-refractivity contribution is -0.102. The highest BCUT2D eigenvalue weighted by atomic mass is 16.5. The average molecular weight is 608 g/mol. The Morgan fingerprint density at radius 2 is 1.45 bits per heavy atom. The third-order valence-corrected chi connectivity index (χ3v) is 8.75. The number of ketones is 4. The van der Waals surface area contributed by atoms with E-state index in [4.69, 9.17) is 4.74 Å². The minimum atomic E-state index is -2.22. The molecule has 1 heterocycles. The van der Waals surface area contributed by atoms with Gasteiger partial charge in [0.15, 0.2) is 23.1 Å². The van der Waals surface area contributed by atoms with Crippen LogP contribution in [0.3, 0.4) is 0 Å². The molecule has 3 aliphatic rings. The third kappa shape index (κ3) is 3.53. The predicted octanol–water partition coefficient (Wildman–Crippen LogP) is -0.0466. The zero-order valence-electron chi connectivity index (χ0n) is 23.0. The molecule has 0 saturated heterocycles. The molecule has 6 rings (SSSR count). The van der Waals surface area contributed by atoms with Crippen molar-refractivity contribution >= 4 is 33.9 Å². The Morgan fingerprint density at radius 1 is 0.841 bits per heavy atom. The Kier molecular flexibility index (Phi) is 6.34. The number of carbonyl (C=O) groups is 4. The summed E-state index contributed by atoms with van der Waals surface area (Å²) in [6.07, 6.45) is -6.44. The largest absolute Gasteiger partial charge is 0.507 e. The maximum absolute atomic E-state index is 14.1. The van der Waals surface area contributed by atoms with Gasteiger partial charge in [-0.05, 0) is 36.8 Å². The van der Waals surface area contributed by atoms with E-state index in [0.29, 0.717) is 0 Å². The van der Waals surface area contributed by atoms with Crippen LogP contribution < -0.4 is 5.56 Å². The van der Waals surface area contributed by atoms with Crippen LogP contribution in [-0.2, 0) is 16.6 Å². The molecule has 0 bridgehead atoms. The molecule has 3 aliphatic carbocycles. The van der Waals surface area contributed by atoms with Crippen molar-refractivity contribution in [2.75, 3.05) is 7.11 Å². The number of rotatable bonds is 5. The van der Waals surface area contributed by atoms with Crippen molar-refractivity contribution in [3.8, 4) is 17.2 Å². The van der Waals surface area contributed by atoms with Crippen LogP contribution in [0.15, 0.2) is 28.8 Å². The molecule has 0 aliphatic heterocycles. The third-order valence-electron chi connectivity index (χ3n) is 8.75. The van der Waals surface area contributed by atoms with Crippen molar-refractivity contribution in [1.29, 1.82) is 0 Å². The minimum absolute atomic E-state index is 0.00711. The van der Waals surface area contributed by atoms with E-state index in [-0.39, 0.29) is 35.0 Å². The van der Waals surface area contributed by atoms with E-state index >= 15 is 0 Å². The lowest BCUT2D eigenvalue weighted by atomic mass is 9.76. The number of aliphatic hydroxyl groups excluding tert-OH is 4. The number of phenols is 3. The lowest BCUT2D eigenvalue weighted by Gasteiger charge is -2.25. The fraction of sp³-hybridized carbons (Fsp3) is 0.300. The Labute approximate surface area is 246 Å². The summed E-state index contributed by atoms with van der Waals surface area (Å²) < 4.78 is 4.89. The molecule has 3 aromatic rings. The zero-order valence-corrected chi connectivity index (χ0v) is 23.0. The number of Topliss-reactive ketones (excluding diaryl/α,β-unsaturated/α-hetero) is 3. The van der Waals surface area contributed by atoms with Crippen molar-refractivity contribution in [3.05, 3.63) is 73.4 Å². The molecule has 44 heavy (non-hydrogen) atoms. The van der Waals surface area contributed by atoms with Gasteiger partial charge in [-0.15, -0.1) is 0 Å². The van der Waals surface area contributed by atoms with Crippen molar-refractivity contribution in [2.45, 2.75) is 49.6 Å². The maximum atomic E-state index is 14.1. The molecular weight excluding hydrogens is 582 g/mol. The van der Waals surface area contributed by atoms with Gasteiger partial charge >= 0.3 is 0 Å². The number of allylic oxidation sites excluding steroid dienone is 2. The number of pyridine rings is 1. The normalized spacial score (nSPS) is 21.6. The van der Waals surface area contributed by atoms with Gasteiger partial charge in [0.05, 0.1) is 46.5 Å². The number of aromatic amines is 1. The summed E-state index contributed by atoms with van der Waals surface area (Å²) in [6, 6.07) is 2.60. The van der Waals surface area contributed by atoms with E-state index in [1.807, 2.05) is 0 Å². The van der Waals surface area contributed by atoms with Crippen LogP contribution in [0.1, 0.15) is 77.7 Å². The number of aromatic hydroxyl groups is 3. The Bertz CT molecular complexity index is 1970. The molecular formula is C30H25NO13. The highest BCUT2D eigenvalue weighted by Crippen LogP contribution is 2.57. The quantitative estimate of drug-likeness (QED) is 0.140. The number of aliphatic hydroxyl groups is 4. The molecule has 228 valence electrons. The van der Waals surface area contributed by atoms with E-state index < -0.39 is 109 Å². The Hall–Kier alpha value is -4.89. The average Bonchev–Trinajstić information content (AvgIpc) is 3.47. The molecule has 14 nitrogen and oxygen atoms in total. The number of nitrogens with one attached hydrogen (secondary N) is 1. The maximum Gasteiger partial charge on any atom is 0.259 e. The van der Waals surface area contributed by atoms with Crippen molar-refractivity contribution in [3.63, 3.8) is 0 Å². The first-order valence-electron chi connectivity index (χ1n) is 13.4. The number of benzene rings is 2. The van der Waals surface area contributed by atoms with Crippen molar-refractivity contribution < 1.29 is 59.7 Å². The molecule has 0 radical (unpaired) electrons. The topological polar surface area (TPSA) is 252 Å². The number of ether oxygens (including phenoxy) is 1. The van der Waals surface area contributed by atoms with Crippen molar-refractivity contribution in [2.24, 2.45) is 0 Å². The van der Waals surface area contributed by atoms with Crippen LogP contribution in [0.4, 0.5) is 0 Å². The van der Waals surface area contributed by atoms with Crippen LogP contribution >= 0.6 is 0 Å². The number of hydrogen-bond acceptors (Lipinski definition) is 13. The van der Waals surface area contributed by atoms with E-state index in [9.17, 15) is 59.7 Å². The molecule has 1 spiro atoms. The summed E-state index contributed by atoms with van der Waals surface area (Å²) in [6.45, 7) is 1.18. The van der Waals surface area contributed by atoms with Gasteiger partial charge in [-0.25, -0.2) is 0 Å². The van der Waals surface area contributed by atoms with Gasteiger partial charge in [0.25, 0.3) is 5.56 Å². The SMILES string of the molecule is COC1=CC(=O)c2c(O)c3c(c(O)c2C1=O)C(=O)C1(CCc2cc4cc(C(O)C(O)C(O)C(C)O)[nH]c(=O)c4c(O)c21)C3=O. The molecule has 8 N–H and O–H groups in total. The number of hydrogen-bond donors (Lipinski definition) is 8. The van der Waals surface area contributed by atoms with Crippen LogP contribution in [0.25, 0.3) is 10.8 Å². The standard InChI is InChI=1S/C30H25NO13/c1-8(32)20(34)26(40)21(35)11-6-10-5-9-3-4-30(19(9)25(39)14(10)29(43)31-11)27(41)17-18(28(30)42)24(38)16-15(23(17)37)12(33)7-13(44-2)22(16)36/h5-8,20-21,26,32,34-35,37-40H,3-4H2,1-2H3,(H,31,43). The summed E-state index contributed by atoms with van der Waals surface area (Å²) >= 11 is 0. The lowest BCUT2D eigenvalue weighted by Crippen LogP contribution is -2.40. The van der Waals surface area contributed by atoms with Crippen LogP contribution in [0.5, 0.6) is 17.2 Å². The molecule has 1 aromatic heterocycles. The summed E-state index contributed by atoms with van der Waals surface area (Å²) in [5, 5.41) is 73.6. The fourth-order valence-corrected chi connectivity index (χ4v) is 6.57. The molecule has 2 aromatic carbocycles. The molecule has 0 fully saturated rings. The van der Waals surface area contributed by atoms with Gasteiger partial charge < -0.3 is 45.5 Å². The van der Waals surface area contributed by atoms with Gasteiger partial charge in [0.2, 0.25) is 5.78 Å². The second-order valence-electron chi connectivity index (χ2n) is 11.1. The Morgan fingerprint density at radius 3 is 2.05 bits per heavy atom. The summed E-state index contributed by atoms with van der Waals surface area (Å²) in [5.74, 6) is -7.30. The van der Waals surface area contributed by atoms with Gasteiger partial charge in [0, 0.05) is 11.6 Å². The monoisotopic (exact) mass is 607 g/mol. The Balaban J connectivity index is 1.53. The van der Waals surface area contributed by atoms with Gasteiger partial charge in [-0.3, -0.25) is 24.0 Å². The number of carbonyl (C=O) groups excluding carboxylic acids is 4. The van der Waals surface area contributed by atoms with Gasteiger partial charge in [-0.2, -0.15) is 0 Å². The number of methoxy groups -OCH3 is 1. The number of phenolic OH excluding ortho intramolecular Hbond substituents is 3. The summed E-state index contributed by atoms with van der Waals surface area (Å²) in [7, 11) is 1.10. The van der Waals surface area contributed by atoms with Crippen LogP contribution in [0.2, 0.25) is 0 Å². The smallest absolute Gasteiger partial charge is 0.259 e. The van der Waals surface area contributed by atoms with E-state index in [0.717, 1.165) is 13.2 Å². The number of H-pyrrole nitrogens is 1. The number of aromatic nitrogens is 1. The van der Waals surface area contributed by atoms with Crippen LogP contribution in [0, 0.1) is 0 Å². The molecule has 14 heteroatoms. The number of aryl methyl sites for hydroxylation is 1. The molecule has 5 atom stereocenters. The first-order chi connectivity index (χ1) is 20.7. The second kappa shape index (κ2) is 9.56. The predicted molar refractivity (Wildman–Crippen MR) is 147 cm³/mol. The van der Waals surface area contributed by atoms with E-state index in [2.05, 4.69) is 4.98 Å². The summed E-state index contributed by atoms with van der Waals surface area (Å²) in [5.41, 5.74) is -6.32. The van der Waals surface area contributed by atoms with Crippen molar-refractivity contribution in [1.82, 2.24) is 4.98 Å². The number of fused-ring (bicyclic) bond motifs is 5. The summed E-state index contributed by atoms with van der Waals surface area (Å²) in [4.78, 5) is 69.3. The molecule has 0 saturated carbocycles. The minimum Gasteiger partial charge on any atom is -0.507 e. The van der Waals surface area contributed by atoms with Gasteiger partial charge in [-0.1, -0.05) is 6.07 Å². The van der Waals surface area contributed by atoms with E-state index in [1.54, 1.807) is 0 Å². The molecule has 5 unspecified atom stereocenters. The highest BCUT2D eigenvalue weighted by molar-refractivity contribution is 6.38. The second-order valence-corrected chi connectivity index (χ2v) is 11.1. The fourth-order valence-electron chi connectivity index (χ4n) is 6.57. The van der Waals surface area contributed by atoms with E-state index in [1.165, 1.54) is 19.1 Å². The first kappa shape index (κ1) is 29.2. The zero-order chi connectivity index (χ0) is 32.2. The van der Waals surface area contributed by atoms with Crippen LogP contribution in [-0.4, -0.2) is 89.3 Å². The van der Waals surface area contributed by atoms with Gasteiger partial charge in [0.1, 0.15) is 41.0 Å². The molecule has 0 amide bonds. The highest BCUT2D eigenvalue weighted by Gasteiger charge is 2.61.